The molecular weight excluding hydrogens is 615 g/mol. The summed E-state index contributed by atoms with van der Waals surface area (Å²) in [5.41, 5.74) is 13.7. The molecule has 0 N–H and O–H groups in total. The van der Waals surface area contributed by atoms with E-state index in [1.807, 2.05) is 0 Å². The van der Waals surface area contributed by atoms with Crippen LogP contribution >= 0.6 is 0 Å². The van der Waals surface area contributed by atoms with Gasteiger partial charge in [0.15, 0.2) is 0 Å². The van der Waals surface area contributed by atoms with Gasteiger partial charge in [0.25, 0.3) is 0 Å². The van der Waals surface area contributed by atoms with E-state index in [1.54, 1.807) is 0 Å². The van der Waals surface area contributed by atoms with Crippen LogP contribution < -0.4 is 4.90 Å². The topological polar surface area (TPSA) is 3.24 Å². The molecule has 0 aliphatic heterocycles. The molecule has 0 unspecified atom stereocenters. The van der Waals surface area contributed by atoms with Crippen molar-refractivity contribution in [2.75, 3.05) is 4.90 Å². The number of benzene rings is 7. The number of rotatable bonds is 7. The summed E-state index contributed by atoms with van der Waals surface area (Å²) in [7, 11) is 0. The van der Waals surface area contributed by atoms with Crippen LogP contribution in [0.1, 0.15) is 69.9 Å². The minimum absolute atomic E-state index is 0.00518. The van der Waals surface area contributed by atoms with Crippen molar-refractivity contribution in [2.45, 2.75) is 64.2 Å². The van der Waals surface area contributed by atoms with Gasteiger partial charge < -0.3 is 4.90 Å². The Morgan fingerprint density at radius 1 is 0.451 bits per heavy atom. The van der Waals surface area contributed by atoms with Crippen molar-refractivity contribution in [3.63, 3.8) is 0 Å². The van der Waals surface area contributed by atoms with Crippen molar-refractivity contribution in [3.05, 3.63) is 175 Å². The molecule has 1 aliphatic rings. The highest BCUT2D eigenvalue weighted by Crippen LogP contribution is 2.50. The second kappa shape index (κ2) is 14.1. The SMILES string of the molecule is CC(C)(C)c1ccc(N(c2ccccc2-c2ccccc2)c2ccccc2-c2cccc3cccc(C4CCCCC4)c23)c(-c2ccccc2)c1. The molecule has 0 bridgehead atoms. The molecule has 0 aromatic heterocycles. The maximum Gasteiger partial charge on any atom is 0.0540 e. The van der Waals surface area contributed by atoms with Crippen molar-refractivity contribution >= 4 is 27.8 Å². The third-order valence-electron chi connectivity index (χ3n) is 10.8. The number of hydrogen-bond acceptors (Lipinski definition) is 1. The van der Waals surface area contributed by atoms with E-state index in [0.29, 0.717) is 5.92 Å². The van der Waals surface area contributed by atoms with Crippen LogP contribution in [0.4, 0.5) is 17.1 Å². The normalized spacial score (nSPS) is 13.7. The summed E-state index contributed by atoms with van der Waals surface area (Å²) in [6.45, 7) is 6.91. The van der Waals surface area contributed by atoms with Gasteiger partial charge in [0, 0.05) is 16.7 Å². The number of nitrogens with zero attached hydrogens (tertiary/aromatic N) is 1. The van der Waals surface area contributed by atoms with Crippen molar-refractivity contribution < 1.29 is 0 Å². The van der Waals surface area contributed by atoms with Crippen molar-refractivity contribution in [3.8, 4) is 33.4 Å². The fourth-order valence-electron chi connectivity index (χ4n) is 8.21. The molecule has 51 heavy (non-hydrogen) atoms. The molecule has 0 amide bonds. The van der Waals surface area contributed by atoms with Crippen molar-refractivity contribution in [1.29, 1.82) is 0 Å². The van der Waals surface area contributed by atoms with Gasteiger partial charge in [-0.2, -0.15) is 0 Å². The minimum Gasteiger partial charge on any atom is -0.309 e. The quantitative estimate of drug-likeness (QED) is 0.164. The fourth-order valence-corrected chi connectivity index (χ4v) is 8.21. The molecule has 1 aliphatic carbocycles. The average molecular weight is 662 g/mol. The number of anilines is 3. The highest BCUT2D eigenvalue weighted by molar-refractivity contribution is 6.05. The van der Waals surface area contributed by atoms with Gasteiger partial charge in [0.1, 0.15) is 0 Å². The van der Waals surface area contributed by atoms with Crippen LogP contribution in [-0.4, -0.2) is 0 Å². The van der Waals surface area contributed by atoms with Gasteiger partial charge in [-0.15, -0.1) is 0 Å². The van der Waals surface area contributed by atoms with Crippen LogP contribution in [0, 0.1) is 0 Å². The Morgan fingerprint density at radius 2 is 0.980 bits per heavy atom. The van der Waals surface area contributed by atoms with Crippen LogP contribution in [0.3, 0.4) is 0 Å². The van der Waals surface area contributed by atoms with Crippen LogP contribution in [-0.2, 0) is 5.41 Å². The first-order valence-corrected chi connectivity index (χ1v) is 18.7. The maximum atomic E-state index is 2.54. The second-order valence-corrected chi connectivity index (χ2v) is 15.2. The number of hydrogen-bond donors (Lipinski definition) is 0. The smallest absolute Gasteiger partial charge is 0.0540 e. The highest BCUT2D eigenvalue weighted by atomic mass is 15.1. The summed E-state index contributed by atoms with van der Waals surface area (Å²) in [5, 5.41) is 2.73. The van der Waals surface area contributed by atoms with Gasteiger partial charge in [-0.1, -0.05) is 180 Å². The highest BCUT2D eigenvalue weighted by Gasteiger charge is 2.26. The third-order valence-corrected chi connectivity index (χ3v) is 10.8. The first kappa shape index (κ1) is 32.8. The number of fused-ring (bicyclic) bond motifs is 1. The van der Waals surface area contributed by atoms with E-state index in [9.17, 15) is 0 Å². The molecule has 7 aromatic carbocycles. The maximum absolute atomic E-state index is 2.54. The molecule has 0 saturated heterocycles. The Morgan fingerprint density at radius 3 is 1.65 bits per heavy atom. The van der Waals surface area contributed by atoms with Crippen LogP contribution in [0.2, 0.25) is 0 Å². The van der Waals surface area contributed by atoms with Crippen molar-refractivity contribution in [2.24, 2.45) is 0 Å². The Kier molecular flexibility index (Phi) is 9.05. The summed E-state index contributed by atoms with van der Waals surface area (Å²) in [4.78, 5) is 2.54. The molecule has 1 nitrogen and oxygen atoms in total. The first-order chi connectivity index (χ1) is 25.0. The Hall–Kier alpha value is -5.40. The van der Waals surface area contributed by atoms with E-state index < -0.39 is 0 Å². The first-order valence-electron chi connectivity index (χ1n) is 18.7. The monoisotopic (exact) mass is 661 g/mol. The number of para-hydroxylation sites is 2. The molecule has 0 atom stereocenters. The molecule has 0 heterocycles. The van der Waals surface area contributed by atoms with E-state index in [2.05, 4.69) is 189 Å². The van der Waals surface area contributed by atoms with Crippen molar-refractivity contribution in [1.82, 2.24) is 0 Å². The summed E-state index contributed by atoms with van der Waals surface area (Å²) in [6, 6.07) is 60.7. The Bertz CT molecular complexity index is 2260. The van der Waals surface area contributed by atoms with Gasteiger partial charge in [0.2, 0.25) is 0 Å². The van der Waals surface area contributed by atoms with Gasteiger partial charge in [0.05, 0.1) is 17.1 Å². The van der Waals surface area contributed by atoms with E-state index in [1.165, 1.54) is 93.1 Å². The lowest BCUT2D eigenvalue weighted by Crippen LogP contribution is -2.16. The van der Waals surface area contributed by atoms with Gasteiger partial charge in [-0.05, 0) is 87.0 Å². The molecule has 1 saturated carbocycles. The average Bonchev–Trinajstić information content (AvgIpc) is 3.19. The summed E-state index contributed by atoms with van der Waals surface area (Å²) in [6.07, 6.45) is 6.52. The van der Waals surface area contributed by atoms with E-state index in [-0.39, 0.29) is 5.41 Å². The molecule has 1 fully saturated rings. The van der Waals surface area contributed by atoms with E-state index in [4.69, 9.17) is 0 Å². The zero-order valence-corrected chi connectivity index (χ0v) is 30.1. The van der Waals surface area contributed by atoms with Gasteiger partial charge in [-0.25, -0.2) is 0 Å². The molecule has 0 spiro atoms. The van der Waals surface area contributed by atoms with Gasteiger partial charge in [-0.3, -0.25) is 0 Å². The van der Waals surface area contributed by atoms with E-state index >= 15 is 0 Å². The van der Waals surface area contributed by atoms with Crippen LogP contribution in [0.15, 0.2) is 164 Å². The summed E-state index contributed by atoms with van der Waals surface area (Å²) >= 11 is 0. The Balaban J connectivity index is 1.44. The standard InChI is InChI=1S/C50H47N/c1-50(2,3)40-33-34-48(45(35-40)38-23-11-6-12-24-38)51(46-31-15-13-27-41(46)36-19-7-4-8-20-36)47-32-16-14-28-43(47)44-30-18-26-39-25-17-29-42(49(39)44)37-21-9-5-10-22-37/h4,6-8,11-20,23-35,37H,5,9-10,21-22H2,1-3H3. The molecule has 8 rings (SSSR count). The Labute approximate surface area is 304 Å². The predicted molar refractivity (Wildman–Crippen MR) is 219 cm³/mol. The predicted octanol–water partition coefficient (Wildman–Crippen LogP) is 14.7. The second-order valence-electron chi connectivity index (χ2n) is 15.2. The molecule has 1 heteroatoms. The zero-order chi connectivity index (χ0) is 34.8. The minimum atomic E-state index is 0.00518. The lowest BCUT2D eigenvalue weighted by molar-refractivity contribution is 0.445. The lowest BCUT2D eigenvalue weighted by Gasteiger charge is -2.33. The molecule has 7 aromatic rings. The van der Waals surface area contributed by atoms with Gasteiger partial charge >= 0.3 is 0 Å². The molecule has 252 valence electrons. The lowest BCUT2D eigenvalue weighted by atomic mass is 9.80. The van der Waals surface area contributed by atoms with Crippen LogP contribution in [0.5, 0.6) is 0 Å². The largest absolute Gasteiger partial charge is 0.309 e. The fraction of sp³-hybridized carbons (Fsp3) is 0.200. The van der Waals surface area contributed by atoms with E-state index in [0.717, 1.165) is 11.4 Å². The zero-order valence-electron chi connectivity index (χ0n) is 30.1. The third kappa shape index (κ3) is 6.50. The summed E-state index contributed by atoms with van der Waals surface area (Å²) in [5.74, 6) is 0.597. The van der Waals surface area contributed by atoms with Crippen LogP contribution in [0.25, 0.3) is 44.2 Å². The molecule has 0 radical (unpaired) electrons. The molecular formula is C50H47N. The summed E-state index contributed by atoms with van der Waals surface area (Å²) < 4.78 is 0.